The molecule has 0 spiro atoms. The lowest BCUT2D eigenvalue weighted by Gasteiger charge is -2.08. The smallest absolute Gasteiger partial charge is 0.340 e. The molecule has 0 aliphatic heterocycles. The van der Waals surface area contributed by atoms with Crippen LogP contribution >= 0.6 is 15.9 Å². The number of hydrogen-bond donors (Lipinski definition) is 0. The van der Waals surface area contributed by atoms with Crippen molar-refractivity contribution in [1.29, 1.82) is 0 Å². The van der Waals surface area contributed by atoms with Crippen molar-refractivity contribution in [1.82, 2.24) is 0 Å². The van der Waals surface area contributed by atoms with Crippen molar-refractivity contribution in [2.75, 3.05) is 0 Å². The zero-order chi connectivity index (χ0) is 13.2. The molecule has 0 unspecified atom stereocenters. The summed E-state index contributed by atoms with van der Waals surface area (Å²) < 4.78 is 42.1. The molecule has 0 radical (unpaired) electrons. The van der Waals surface area contributed by atoms with E-state index in [1.165, 1.54) is 24.3 Å². The normalized spacial score (nSPS) is 11.2. The summed E-state index contributed by atoms with van der Waals surface area (Å²) in [5, 5.41) is 0. The Morgan fingerprint density at radius 2 is 1.78 bits per heavy atom. The first-order chi connectivity index (χ1) is 8.49. The van der Waals surface area contributed by atoms with E-state index in [0.717, 1.165) is 6.07 Å². The lowest BCUT2D eigenvalue weighted by atomic mass is 10.3. The van der Waals surface area contributed by atoms with Gasteiger partial charge in [0, 0.05) is 10.5 Å². The molecule has 0 aliphatic rings. The average molecular weight is 331 g/mol. The lowest BCUT2D eigenvalue weighted by molar-refractivity contribution is 0.483. The first-order valence-electron chi connectivity index (χ1n) is 4.93. The zero-order valence-corrected chi connectivity index (χ0v) is 11.4. The maximum Gasteiger partial charge on any atom is 0.340 e. The highest BCUT2D eigenvalue weighted by atomic mass is 79.9. The molecular formula is C12H8BrFO3S. The number of benzene rings is 2. The Labute approximate surface area is 112 Å². The number of hydrogen-bond acceptors (Lipinski definition) is 3. The minimum absolute atomic E-state index is 0.00531. The molecule has 0 saturated carbocycles. The van der Waals surface area contributed by atoms with E-state index in [-0.39, 0.29) is 10.6 Å². The van der Waals surface area contributed by atoms with Crippen LogP contribution in [0, 0.1) is 5.82 Å². The third-order valence-electron chi connectivity index (χ3n) is 2.11. The Morgan fingerprint density at radius 1 is 1.06 bits per heavy atom. The highest BCUT2D eigenvalue weighted by Crippen LogP contribution is 2.25. The minimum atomic E-state index is -3.97. The summed E-state index contributed by atoms with van der Waals surface area (Å²) in [7, 11) is -3.97. The fourth-order valence-corrected chi connectivity index (χ4v) is 3.22. The van der Waals surface area contributed by atoms with E-state index in [9.17, 15) is 12.8 Å². The van der Waals surface area contributed by atoms with E-state index >= 15 is 0 Å². The van der Waals surface area contributed by atoms with Gasteiger partial charge < -0.3 is 4.18 Å². The van der Waals surface area contributed by atoms with Crippen LogP contribution < -0.4 is 4.18 Å². The topological polar surface area (TPSA) is 43.4 Å². The Kier molecular flexibility index (Phi) is 3.68. The third kappa shape index (κ3) is 2.88. The molecule has 0 atom stereocenters. The van der Waals surface area contributed by atoms with Gasteiger partial charge in [0.1, 0.15) is 16.5 Å². The van der Waals surface area contributed by atoms with Crippen molar-refractivity contribution in [2.24, 2.45) is 0 Å². The van der Waals surface area contributed by atoms with Crippen molar-refractivity contribution in [3.63, 3.8) is 0 Å². The van der Waals surface area contributed by atoms with Gasteiger partial charge in [0.05, 0.1) is 0 Å². The molecule has 2 aromatic carbocycles. The van der Waals surface area contributed by atoms with Crippen LogP contribution in [-0.2, 0) is 10.1 Å². The van der Waals surface area contributed by atoms with Crippen LogP contribution in [-0.4, -0.2) is 8.42 Å². The molecule has 2 aromatic rings. The van der Waals surface area contributed by atoms with Crippen molar-refractivity contribution >= 4 is 26.0 Å². The quantitative estimate of drug-likeness (QED) is 0.810. The summed E-state index contributed by atoms with van der Waals surface area (Å²) in [5.41, 5.74) is 0. The summed E-state index contributed by atoms with van der Waals surface area (Å²) in [6.45, 7) is 0. The molecule has 0 aliphatic carbocycles. The largest absolute Gasteiger partial charge is 0.379 e. The van der Waals surface area contributed by atoms with E-state index in [4.69, 9.17) is 4.18 Å². The van der Waals surface area contributed by atoms with Crippen molar-refractivity contribution in [3.8, 4) is 5.75 Å². The second-order valence-electron chi connectivity index (χ2n) is 3.43. The second-order valence-corrected chi connectivity index (χ2v) is 5.79. The van der Waals surface area contributed by atoms with Gasteiger partial charge in [-0.1, -0.05) is 18.2 Å². The monoisotopic (exact) mass is 330 g/mol. The van der Waals surface area contributed by atoms with Crippen LogP contribution in [0.3, 0.4) is 0 Å². The first kappa shape index (κ1) is 13.0. The third-order valence-corrected chi connectivity index (χ3v) is 4.37. The van der Waals surface area contributed by atoms with Gasteiger partial charge in [-0.2, -0.15) is 8.42 Å². The summed E-state index contributed by atoms with van der Waals surface area (Å²) in [6, 6.07) is 11.2. The fraction of sp³-hybridized carbons (Fsp3) is 0. The van der Waals surface area contributed by atoms with Gasteiger partial charge in [0.25, 0.3) is 0 Å². The van der Waals surface area contributed by atoms with Gasteiger partial charge in [-0.15, -0.1) is 0 Å². The molecule has 6 heteroatoms. The Bertz CT molecular complexity index is 671. The molecule has 94 valence electrons. The van der Waals surface area contributed by atoms with E-state index in [1.807, 2.05) is 0 Å². The van der Waals surface area contributed by atoms with E-state index < -0.39 is 15.9 Å². The molecule has 2 rings (SSSR count). The second kappa shape index (κ2) is 5.07. The lowest BCUT2D eigenvalue weighted by Crippen LogP contribution is -2.10. The van der Waals surface area contributed by atoms with Crippen LogP contribution in [0.15, 0.2) is 57.9 Å². The summed E-state index contributed by atoms with van der Waals surface area (Å²) in [4.78, 5) is -0.00531. The highest BCUT2D eigenvalue weighted by molar-refractivity contribution is 9.10. The van der Waals surface area contributed by atoms with Crippen molar-refractivity contribution < 1.29 is 17.0 Å². The summed E-state index contributed by atoms with van der Waals surface area (Å²) in [6.07, 6.45) is 0. The van der Waals surface area contributed by atoms with Crippen LogP contribution in [0.5, 0.6) is 5.75 Å². The average Bonchev–Trinajstić information content (AvgIpc) is 2.28. The van der Waals surface area contributed by atoms with Crippen LogP contribution in [0.4, 0.5) is 4.39 Å². The molecule has 0 fully saturated rings. The Morgan fingerprint density at radius 3 is 2.44 bits per heavy atom. The molecule has 0 heterocycles. The van der Waals surface area contributed by atoms with E-state index in [1.54, 1.807) is 18.2 Å². The van der Waals surface area contributed by atoms with E-state index in [2.05, 4.69) is 15.9 Å². The standard InChI is InChI=1S/C12H8BrFO3S/c13-11-6-1-2-7-12(11)18(15,16)17-10-5-3-4-9(14)8-10/h1-8H. The molecule has 0 aromatic heterocycles. The molecule has 0 amide bonds. The Balaban J connectivity index is 2.37. The maximum absolute atomic E-state index is 12.9. The van der Waals surface area contributed by atoms with Gasteiger partial charge in [0.2, 0.25) is 0 Å². The van der Waals surface area contributed by atoms with Gasteiger partial charge in [-0.25, -0.2) is 4.39 Å². The minimum Gasteiger partial charge on any atom is -0.379 e. The van der Waals surface area contributed by atoms with E-state index in [0.29, 0.717) is 4.47 Å². The maximum atomic E-state index is 12.9. The molecule has 18 heavy (non-hydrogen) atoms. The van der Waals surface area contributed by atoms with Crippen molar-refractivity contribution in [2.45, 2.75) is 4.90 Å². The number of rotatable bonds is 3. The molecule has 3 nitrogen and oxygen atoms in total. The molecule has 0 N–H and O–H groups in total. The zero-order valence-electron chi connectivity index (χ0n) is 9.01. The predicted octanol–water partition coefficient (Wildman–Crippen LogP) is 3.36. The van der Waals surface area contributed by atoms with Gasteiger partial charge in [-0.05, 0) is 40.2 Å². The number of halogens is 2. The fourth-order valence-electron chi connectivity index (χ4n) is 1.34. The highest BCUT2D eigenvalue weighted by Gasteiger charge is 2.19. The van der Waals surface area contributed by atoms with Crippen molar-refractivity contribution in [3.05, 3.63) is 58.8 Å². The SMILES string of the molecule is O=S(=O)(Oc1cccc(F)c1)c1ccccc1Br. The van der Waals surface area contributed by atoms with Gasteiger partial charge in [0.15, 0.2) is 0 Å². The summed E-state index contributed by atoms with van der Waals surface area (Å²) in [5.74, 6) is -0.624. The molecule has 0 bridgehead atoms. The van der Waals surface area contributed by atoms with Crippen LogP contribution in [0.25, 0.3) is 0 Å². The van der Waals surface area contributed by atoms with Gasteiger partial charge >= 0.3 is 10.1 Å². The first-order valence-corrected chi connectivity index (χ1v) is 7.14. The molecular weight excluding hydrogens is 323 g/mol. The molecule has 0 saturated heterocycles. The van der Waals surface area contributed by atoms with Crippen LogP contribution in [0.2, 0.25) is 0 Å². The predicted molar refractivity (Wildman–Crippen MR) is 68.4 cm³/mol. The van der Waals surface area contributed by atoms with Crippen LogP contribution in [0.1, 0.15) is 0 Å². The Hall–Kier alpha value is -1.40. The van der Waals surface area contributed by atoms with Gasteiger partial charge in [-0.3, -0.25) is 0 Å². The summed E-state index contributed by atoms with van der Waals surface area (Å²) >= 11 is 3.13.